The molecule has 100 valence electrons. The molecule has 0 radical (unpaired) electrons. The van der Waals surface area contributed by atoms with Crippen LogP contribution in [0.2, 0.25) is 5.28 Å². The van der Waals surface area contributed by atoms with Crippen molar-refractivity contribution in [3.05, 3.63) is 58.1 Å². The summed E-state index contributed by atoms with van der Waals surface area (Å²) >= 11 is 5.75. The molecule has 1 heterocycles. The fourth-order valence-corrected chi connectivity index (χ4v) is 1.85. The van der Waals surface area contributed by atoms with Crippen LogP contribution in [0.15, 0.2) is 30.5 Å². The van der Waals surface area contributed by atoms with Gasteiger partial charge in [0.05, 0.1) is 11.3 Å². The number of hydrogen-bond donors (Lipinski definition) is 1. The normalized spacial score (nSPS) is 9.79. The van der Waals surface area contributed by atoms with Crippen LogP contribution in [-0.4, -0.2) is 21.0 Å². The number of halogens is 2. The SMILES string of the molecule is Cc1cnc(Cl)nc1Cc1ccccc1C(=O)O.Cl. The number of carboxylic acids is 1. The van der Waals surface area contributed by atoms with E-state index in [2.05, 4.69) is 9.97 Å². The molecule has 1 aromatic heterocycles. The first kappa shape index (κ1) is 15.4. The Labute approximate surface area is 121 Å². The fourth-order valence-electron chi connectivity index (χ4n) is 1.70. The van der Waals surface area contributed by atoms with Gasteiger partial charge in [-0.1, -0.05) is 18.2 Å². The van der Waals surface area contributed by atoms with Crippen LogP contribution >= 0.6 is 24.0 Å². The second-order valence-electron chi connectivity index (χ2n) is 3.91. The monoisotopic (exact) mass is 298 g/mol. The minimum Gasteiger partial charge on any atom is -0.478 e. The van der Waals surface area contributed by atoms with Gasteiger partial charge in [0, 0.05) is 12.6 Å². The van der Waals surface area contributed by atoms with Crippen molar-refractivity contribution in [2.45, 2.75) is 13.3 Å². The predicted octanol–water partition coefficient (Wildman–Crippen LogP) is 3.15. The van der Waals surface area contributed by atoms with Gasteiger partial charge < -0.3 is 5.11 Å². The second kappa shape index (κ2) is 6.50. The lowest BCUT2D eigenvalue weighted by Crippen LogP contribution is -2.05. The Balaban J connectivity index is 0.00000180. The van der Waals surface area contributed by atoms with E-state index in [4.69, 9.17) is 16.7 Å². The first-order valence-corrected chi connectivity index (χ1v) is 5.75. The minimum atomic E-state index is -0.941. The molecule has 2 aromatic rings. The minimum absolute atomic E-state index is 0. The van der Waals surface area contributed by atoms with Crippen LogP contribution in [0.25, 0.3) is 0 Å². The van der Waals surface area contributed by atoms with Crippen LogP contribution in [0.1, 0.15) is 27.2 Å². The topological polar surface area (TPSA) is 63.1 Å². The van der Waals surface area contributed by atoms with Crippen LogP contribution in [0.5, 0.6) is 0 Å². The third kappa shape index (κ3) is 3.66. The Morgan fingerprint density at radius 1 is 1.37 bits per heavy atom. The number of aryl methyl sites for hydroxylation is 1. The molecule has 1 aromatic carbocycles. The molecule has 0 unspecified atom stereocenters. The first-order valence-electron chi connectivity index (χ1n) is 5.37. The Kier molecular flexibility index (Phi) is 5.27. The van der Waals surface area contributed by atoms with Crippen molar-refractivity contribution in [1.82, 2.24) is 9.97 Å². The molecule has 19 heavy (non-hydrogen) atoms. The zero-order valence-corrected chi connectivity index (χ0v) is 11.7. The maximum atomic E-state index is 11.1. The van der Waals surface area contributed by atoms with Gasteiger partial charge in [-0.3, -0.25) is 0 Å². The van der Waals surface area contributed by atoms with Crippen molar-refractivity contribution in [1.29, 1.82) is 0 Å². The van der Waals surface area contributed by atoms with Gasteiger partial charge in [-0.2, -0.15) is 0 Å². The molecule has 0 aliphatic heterocycles. The summed E-state index contributed by atoms with van der Waals surface area (Å²) in [6.07, 6.45) is 2.06. The largest absolute Gasteiger partial charge is 0.478 e. The van der Waals surface area contributed by atoms with E-state index in [0.29, 0.717) is 12.0 Å². The van der Waals surface area contributed by atoms with E-state index in [1.807, 2.05) is 6.92 Å². The fraction of sp³-hybridized carbons (Fsp3) is 0.154. The van der Waals surface area contributed by atoms with E-state index in [9.17, 15) is 4.79 Å². The molecule has 0 saturated heterocycles. The highest BCUT2D eigenvalue weighted by molar-refractivity contribution is 6.28. The van der Waals surface area contributed by atoms with Crippen molar-refractivity contribution in [3.8, 4) is 0 Å². The molecule has 0 aliphatic rings. The molecule has 0 saturated carbocycles. The lowest BCUT2D eigenvalue weighted by atomic mass is 10.0. The van der Waals surface area contributed by atoms with Gasteiger partial charge in [-0.15, -0.1) is 12.4 Å². The molecular weight excluding hydrogens is 287 g/mol. The van der Waals surface area contributed by atoms with Gasteiger partial charge in [0.25, 0.3) is 0 Å². The predicted molar refractivity (Wildman–Crippen MR) is 75.2 cm³/mol. The number of rotatable bonds is 3. The van der Waals surface area contributed by atoms with E-state index in [-0.39, 0.29) is 23.3 Å². The highest BCUT2D eigenvalue weighted by atomic mass is 35.5. The van der Waals surface area contributed by atoms with Crippen LogP contribution in [0.4, 0.5) is 0 Å². The molecule has 1 N–H and O–H groups in total. The number of hydrogen-bond acceptors (Lipinski definition) is 3. The van der Waals surface area contributed by atoms with Gasteiger partial charge in [-0.05, 0) is 35.7 Å². The Hall–Kier alpha value is -1.65. The summed E-state index contributed by atoms with van der Waals surface area (Å²) in [7, 11) is 0. The summed E-state index contributed by atoms with van der Waals surface area (Å²) < 4.78 is 0. The Morgan fingerprint density at radius 3 is 2.74 bits per heavy atom. The molecule has 0 amide bonds. The maximum absolute atomic E-state index is 11.1. The zero-order valence-electron chi connectivity index (χ0n) is 10.1. The van der Waals surface area contributed by atoms with E-state index >= 15 is 0 Å². The van der Waals surface area contributed by atoms with Crippen LogP contribution in [0.3, 0.4) is 0 Å². The summed E-state index contributed by atoms with van der Waals surface area (Å²) in [4.78, 5) is 19.1. The molecule has 0 bridgehead atoms. The average Bonchev–Trinajstić information content (AvgIpc) is 2.34. The van der Waals surface area contributed by atoms with Gasteiger partial charge >= 0.3 is 5.97 Å². The van der Waals surface area contributed by atoms with Crippen LogP contribution < -0.4 is 0 Å². The molecule has 0 atom stereocenters. The number of benzene rings is 1. The number of carboxylic acid groups (broad SMARTS) is 1. The number of aromatic carboxylic acids is 1. The van der Waals surface area contributed by atoms with Gasteiger partial charge in [0.2, 0.25) is 5.28 Å². The number of carbonyl (C=O) groups is 1. The van der Waals surface area contributed by atoms with Crippen LogP contribution in [0, 0.1) is 6.92 Å². The lowest BCUT2D eigenvalue weighted by Gasteiger charge is -2.07. The number of nitrogens with zero attached hydrogens (tertiary/aromatic N) is 2. The molecule has 2 rings (SSSR count). The summed E-state index contributed by atoms with van der Waals surface area (Å²) in [5.41, 5.74) is 2.62. The highest BCUT2D eigenvalue weighted by Gasteiger charge is 2.11. The summed E-state index contributed by atoms with van der Waals surface area (Å²) in [5, 5.41) is 9.28. The van der Waals surface area contributed by atoms with E-state index in [1.165, 1.54) is 0 Å². The smallest absolute Gasteiger partial charge is 0.335 e. The van der Waals surface area contributed by atoms with Gasteiger partial charge in [-0.25, -0.2) is 14.8 Å². The quantitative estimate of drug-likeness (QED) is 0.884. The lowest BCUT2D eigenvalue weighted by molar-refractivity contribution is 0.0696. The van der Waals surface area contributed by atoms with Crippen molar-refractivity contribution in [3.63, 3.8) is 0 Å². The van der Waals surface area contributed by atoms with Gasteiger partial charge in [0.15, 0.2) is 0 Å². The third-order valence-electron chi connectivity index (χ3n) is 2.65. The van der Waals surface area contributed by atoms with Crippen molar-refractivity contribution in [2.75, 3.05) is 0 Å². The molecule has 0 fully saturated rings. The molecular formula is C13H12Cl2N2O2. The van der Waals surface area contributed by atoms with E-state index in [0.717, 1.165) is 11.3 Å². The molecule has 4 nitrogen and oxygen atoms in total. The molecule has 0 spiro atoms. The van der Waals surface area contributed by atoms with Crippen molar-refractivity contribution in [2.24, 2.45) is 0 Å². The number of aromatic nitrogens is 2. The van der Waals surface area contributed by atoms with Crippen molar-refractivity contribution < 1.29 is 9.90 Å². The van der Waals surface area contributed by atoms with E-state index in [1.54, 1.807) is 30.5 Å². The maximum Gasteiger partial charge on any atom is 0.335 e. The first-order chi connectivity index (χ1) is 8.58. The Bertz CT molecular complexity index is 603. The summed E-state index contributed by atoms with van der Waals surface area (Å²) in [6.45, 7) is 1.87. The van der Waals surface area contributed by atoms with Crippen LogP contribution in [-0.2, 0) is 6.42 Å². The van der Waals surface area contributed by atoms with Crippen molar-refractivity contribution >= 4 is 30.0 Å². The average molecular weight is 299 g/mol. The molecule has 6 heteroatoms. The van der Waals surface area contributed by atoms with Gasteiger partial charge in [0.1, 0.15) is 0 Å². The standard InChI is InChI=1S/C13H11ClN2O2.ClH/c1-8-7-15-13(14)16-11(8)6-9-4-2-3-5-10(9)12(17)18;/h2-5,7H,6H2,1H3,(H,17,18);1H. The van der Waals surface area contributed by atoms with E-state index < -0.39 is 5.97 Å². The highest BCUT2D eigenvalue weighted by Crippen LogP contribution is 2.16. The Morgan fingerprint density at radius 2 is 2.05 bits per heavy atom. The second-order valence-corrected chi connectivity index (χ2v) is 4.25. The zero-order chi connectivity index (χ0) is 13.1. The summed E-state index contributed by atoms with van der Waals surface area (Å²) in [6, 6.07) is 6.86. The molecule has 0 aliphatic carbocycles. The third-order valence-corrected chi connectivity index (χ3v) is 2.83. The summed E-state index contributed by atoms with van der Waals surface area (Å²) in [5.74, 6) is -0.941.